The fraction of sp³-hybridized carbons (Fsp3) is 0.318. The molecule has 10 rings (SSSR count). The van der Waals surface area contributed by atoms with Crippen LogP contribution in [0.15, 0.2) is 35.5 Å². The SMILES string of the molecule is [C-]#[N+]/C(C#N)=C/c1cc(OC)c(-c2cc3c(s2)-c2sc4c5c(sc4c2OC32CCCCC2)-c2sc(-c3sc(C=C(C#N)C#N)cc3OC)cc2C2(CCCCC2)O5)s1. The van der Waals surface area contributed by atoms with Crippen molar-refractivity contribution in [2.75, 3.05) is 14.2 Å². The minimum Gasteiger partial charge on any atom is -0.495 e. The van der Waals surface area contributed by atoms with E-state index in [1.165, 1.54) is 45.1 Å². The topological polar surface area (TPSA) is 113 Å². The van der Waals surface area contributed by atoms with Crippen LogP contribution in [0.4, 0.5) is 0 Å². The lowest BCUT2D eigenvalue weighted by molar-refractivity contribution is 0.0258. The van der Waals surface area contributed by atoms with Crippen LogP contribution in [-0.2, 0) is 11.2 Å². The predicted octanol–water partition coefficient (Wildman–Crippen LogP) is 14.2. The first-order valence-corrected chi connectivity index (χ1v) is 23.9. The second-order valence-electron chi connectivity index (χ2n) is 14.8. The Balaban J connectivity index is 1.13. The second-order valence-corrected chi connectivity index (χ2v) is 21.1. The first-order valence-electron chi connectivity index (χ1n) is 19.0. The summed E-state index contributed by atoms with van der Waals surface area (Å²) in [6.07, 6.45) is 13.8. The fourth-order valence-electron chi connectivity index (χ4n) is 8.92. The number of hydrogen-bond acceptors (Lipinski definition) is 13. The van der Waals surface area contributed by atoms with Gasteiger partial charge in [-0.05, 0) is 87.8 Å². The van der Waals surface area contributed by atoms with Gasteiger partial charge in [0.2, 0.25) is 0 Å². The highest BCUT2D eigenvalue weighted by Crippen LogP contribution is 2.67. The number of ether oxygens (including phenoxy) is 4. The van der Waals surface area contributed by atoms with E-state index in [-0.39, 0.29) is 11.3 Å². The van der Waals surface area contributed by atoms with E-state index in [9.17, 15) is 15.8 Å². The Morgan fingerprint density at radius 1 is 0.621 bits per heavy atom. The second kappa shape index (κ2) is 14.4. The molecule has 0 amide bonds. The van der Waals surface area contributed by atoms with Crippen LogP contribution in [0.5, 0.6) is 23.0 Å². The molecule has 2 aliphatic carbocycles. The van der Waals surface area contributed by atoms with Crippen LogP contribution >= 0.6 is 68.0 Å². The molecule has 8 heterocycles. The zero-order chi connectivity index (χ0) is 39.8. The van der Waals surface area contributed by atoms with Crippen LogP contribution in [0.3, 0.4) is 0 Å². The number of nitrogens with zero attached hydrogens (tertiary/aromatic N) is 4. The third-order valence-corrected chi connectivity index (χ3v) is 19.1. The number of nitriles is 3. The molecular formula is C44H32N4O4S6. The van der Waals surface area contributed by atoms with Gasteiger partial charge in [0, 0.05) is 30.6 Å². The first-order chi connectivity index (χ1) is 28.3. The van der Waals surface area contributed by atoms with Gasteiger partial charge in [0.05, 0.1) is 65.5 Å². The molecule has 0 N–H and O–H groups in total. The molecule has 2 fully saturated rings. The molecule has 2 spiro atoms. The van der Waals surface area contributed by atoms with Crippen LogP contribution in [0.2, 0.25) is 0 Å². The van der Waals surface area contributed by atoms with Crippen LogP contribution in [0.1, 0.15) is 85.1 Å². The monoisotopic (exact) mass is 872 g/mol. The summed E-state index contributed by atoms with van der Waals surface area (Å²) in [5.41, 5.74) is 1.75. The van der Waals surface area contributed by atoms with Crippen molar-refractivity contribution >= 4 is 89.6 Å². The minimum atomic E-state index is -0.427. The highest BCUT2D eigenvalue weighted by atomic mass is 32.1. The molecule has 4 aliphatic rings. The Morgan fingerprint density at radius 3 is 1.50 bits per heavy atom. The maximum Gasteiger partial charge on any atom is 0.263 e. The van der Waals surface area contributed by atoms with Crippen molar-refractivity contribution in [3.8, 4) is 80.2 Å². The van der Waals surface area contributed by atoms with Crippen molar-refractivity contribution in [3.63, 3.8) is 0 Å². The summed E-state index contributed by atoms with van der Waals surface area (Å²) in [5, 5.41) is 28.3. The van der Waals surface area contributed by atoms with E-state index in [1.807, 2.05) is 30.3 Å². The van der Waals surface area contributed by atoms with Crippen molar-refractivity contribution in [1.29, 1.82) is 15.8 Å². The van der Waals surface area contributed by atoms with Gasteiger partial charge in [0.25, 0.3) is 5.70 Å². The normalized spacial score (nSPS) is 17.0. The van der Waals surface area contributed by atoms with E-state index < -0.39 is 11.2 Å². The average molecular weight is 873 g/mol. The molecule has 0 bridgehead atoms. The Hall–Kier alpha value is -4.90. The van der Waals surface area contributed by atoms with Crippen LogP contribution in [0.25, 0.3) is 65.4 Å². The number of fused-ring (bicyclic) bond motifs is 11. The largest absolute Gasteiger partial charge is 0.495 e. The Kier molecular flexibility index (Phi) is 9.30. The van der Waals surface area contributed by atoms with Crippen LogP contribution in [-0.4, -0.2) is 14.2 Å². The molecule has 0 aromatic carbocycles. The van der Waals surface area contributed by atoms with Crippen LogP contribution in [0, 0.1) is 40.6 Å². The molecule has 0 radical (unpaired) electrons. The fourth-order valence-corrected chi connectivity index (χ4v) is 16.6. The summed E-state index contributed by atoms with van der Waals surface area (Å²) < 4.78 is 28.8. The molecular weight excluding hydrogens is 841 g/mol. The zero-order valence-electron chi connectivity index (χ0n) is 31.4. The van der Waals surface area contributed by atoms with Crippen LogP contribution < -0.4 is 18.9 Å². The van der Waals surface area contributed by atoms with Crippen molar-refractivity contribution in [1.82, 2.24) is 0 Å². The predicted molar refractivity (Wildman–Crippen MR) is 236 cm³/mol. The van der Waals surface area contributed by atoms with E-state index in [0.29, 0.717) is 0 Å². The summed E-state index contributed by atoms with van der Waals surface area (Å²) in [7, 11) is 3.33. The summed E-state index contributed by atoms with van der Waals surface area (Å²) in [5.74, 6) is 3.41. The van der Waals surface area contributed by atoms with Crippen molar-refractivity contribution in [2.24, 2.45) is 0 Å². The molecule has 6 aromatic heterocycles. The Morgan fingerprint density at radius 2 is 1.09 bits per heavy atom. The quantitative estimate of drug-likeness (QED) is 0.121. The zero-order valence-corrected chi connectivity index (χ0v) is 36.3. The maximum absolute atomic E-state index is 9.43. The van der Waals surface area contributed by atoms with Gasteiger partial charge in [0.1, 0.15) is 40.4 Å². The van der Waals surface area contributed by atoms with E-state index >= 15 is 0 Å². The lowest BCUT2D eigenvalue weighted by Crippen LogP contribution is -2.37. The number of thiophene rings is 6. The Labute approximate surface area is 359 Å². The Bertz CT molecular complexity index is 2680. The number of rotatable bonds is 6. The third-order valence-electron chi connectivity index (χ3n) is 11.6. The summed E-state index contributed by atoms with van der Waals surface area (Å²) >= 11 is 10.2. The molecule has 2 aliphatic heterocycles. The van der Waals surface area contributed by atoms with E-state index in [4.69, 9.17) is 25.5 Å². The molecule has 6 aromatic rings. The minimum absolute atomic E-state index is 0.0464. The molecule has 0 saturated heterocycles. The summed E-state index contributed by atoms with van der Waals surface area (Å²) in [6.45, 7) is 7.38. The average Bonchev–Trinajstić information content (AvgIpc) is 4.11. The molecule has 58 heavy (non-hydrogen) atoms. The molecule has 14 heteroatoms. The van der Waals surface area contributed by atoms with E-state index in [1.54, 1.807) is 83.1 Å². The molecule has 288 valence electrons. The summed E-state index contributed by atoms with van der Waals surface area (Å²) in [6, 6.07) is 14.4. The van der Waals surface area contributed by atoms with Crippen molar-refractivity contribution in [3.05, 3.63) is 67.8 Å². The van der Waals surface area contributed by atoms with Crippen molar-refractivity contribution < 1.29 is 18.9 Å². The lowest BCUT2D eigenvalue weighted by Gasteiger charge is -2.41. The van der Waals surface area contributed by atoms with Gasteiger partial charge in [-0.3, -0.25) is 0 Å². The number of hydrogen-bond donors (Lipinski definition) is 0. The van der Waals surface area contributed by atoms with E-state index in [0.717, 1.165) is 123 Å². The van der Waals surface area contributed by atoms with Gasteiger partial charge in [-0.1, -0.05) is 12.8 Å². The number of methoxy groups -OCH3 is 2. The molecule has 0 unspecified atom stereocenters. The highest BCUT2D eigenvalue weighted by molar-refractivity contribution is 7.35. The summed E-state index contributed by atoms with van der Waals surface area (Å²) in [4.78, 5) is 13.9. The maximum atomic E-state index is 9.43. The standard InChI is InChI=1S/C44H32N4O4S6/c1-48-24(22-47)15-26-17-30(50-3)38(54-26)32-19-28-36(56-32)40-34(52-44(28)12-8-5-9-13-44)42-41(58-40)33-39(57-42)35-27(43(51-33)10-6-4-7-11-43)18-31(55-35)37-29(49-2)16-25(53-37)14-23(20-45)21-46/h14-19H,4-13H2,2-3H3/b24-15+. The van der Waals surface area contributed by atoms with Gasteiger partial charge in [0.15, 0.2) is 11.5 Å². The number of allylic oxidation sites excluding steroid dienone is 2. The van der Waals surface area contributed by atoms with Gasteiger partial charge in [-0.2, -0.15) is 10.5 Å². The third kappa shape index (κ3) is 5.77. The van der Waals surface area contributed by atoms with Gasteiger partial charge >= 0.3 is 0 Å². The van der Waals surface area contributed by atoms with Gasteiger partial charge in [-0.25, -0.2) is 10.1 Å². The highest BCUT2D eigenvalue weighted by Gasteiger charge is 2.49. The first kappa shape index (κ1) is 37.4. The molecule has 8 nitrogen and oxygen atoms in total. The van der Waals surface area contributed by atoms with Gasteiger partial charge in [-0.15, -0.1) is 68.0 Å². The smallest absolute Gasteiger partial charge is 0.263 e. The molecule has 0 atom stereocenters. The van der Waals surface area contributed by atoms with E-state index in [2.05, 4.69) is 17.0 Å². The van der Waals surface area contributed by atoms with Crippen molar-refractivity contribution in [2.45, 2.75) is 75.4 Å². The van der Waals surface area contributed by atoms with Gasteiger partial charge < -0.3 is 18.9 Å². The molecule has 2 saturated carbocycles. The lowest BCUT2D eigenvalue weighted by atomic mass is 9.78.